The molecule has 1 aromatic rings. The molecule has 1 saturated carbocycles. The zero-order valence-corrected chi connectivity index (χ0v) is 11.9. The van der Waals surface area contributed by atoms with Crippen molar-refractivity contribution in [3.8, 4) is 0 Å². The van der Waals surface area contributed by atoms with E-state index in [0.717, 1.165) is 25.0 Å². The number of amides is 1. The van der Waals surface area contributed by atoms with Crippen LogP contribution in [0.25, 0.3) is 0 Å². The number of hydrogen-bond acceptors (Lipinski definition) is 3. The van der Waals surface area contributed by atoms with Gasteiger partial charge in [-0.3, -0.25) is 9.48 Å². The minimum atomic E-state index is -0.0277. The quantitative estimate of drug-likeness (QED) is 0.859. The average Bonchev–Trinajstić information content (AvgIpc) is 2.80. The van der Waals surface area contributed by atoms with E-state index in [1.807, 2.05) is 20.0 Å². The molecule has 1 aliphatic rings. The molecule has 5 heteroatoms. The van der Waals surface area contributed by atoms with Crippen molar-refractivity contribution in [2.24, 2.45) is 18.7 Å². The highest BCUT2D eigenvalue weighted by Crippen LogP contribution is 2.23. The van der Waals surface area contributed by atoms with Crippen LogP contribution in [0.4, 0.5) is 0 Å². The summed E-state index contributed by atoms with van der Waals surface area (Å²) < 4.78 is 1.66. The van der Waals surface area contributed by atoms with Gasteiger partial charge in [0.15, 0.2) is 0 Å². The lowest BCUT2D eigenvalue weighted by atomic mass is 9.84. The van der Waals surface area contributed by atoms with Gasteiger partial charge >= 0.3 is 0 Å². The molecule has 0 spiro atoms. The third-order valence-corrected chi connectivity index (χ3v) is 4.05. The highest BCUT2D eigenvalue weighted by atomic mass is 16.2. The predicted molar refractivity (Wildman–Crippen MR) is 74.9 cm³/mol. The second kappa shape index (κ2) is 6.19. The number of aromatic nitrogens is 2. The Morgan fingerprint density at radius 3 is 2.89 bits per heavy atom. The van der Waals surface area contributed by atoms with Gasteiger partial charge in [-0.05, 0) is 37.8 Å². The normalized spacial score (nSPS) is 23.3. The van der Waals surface area contributed by atoms with Crippen LogP contribution in [0.15, 0.2) is 6.07 Å². The summed E-state index contributed by atoms with van der Waals surface area (Å²) in [6.45, 7) is 2.69. The first kappa shape index (κ1) is 14.1. The fourth-order valence-corrected chi connectivity index (χ4v) is 2.83. The minimum Gasteiger partial charge on any atom is -0.348 e. The van der Waals surface area contributed by atoms with Gasteiger partial charge in [0.2, 0.25) is 0 Å². The number of nitrogens with one attached hydrogen (secondary N) is 1. The van der Waals surface area contributed by atoms with E-state index in [4.69, 9.17) is 5.73 Å². The molecule has 106 valence electrons. The monoisotopic (exact) mass is 264 g/mol. The van der Waals surface area contributed by atoms with Crippen LogP contribution in [0.3, 0.4) is 0 Å². The summed E-state index contributed by atoms with van der Waals surface area (Å²) in [7, 11) is 1.81. The first-order valence-electron chi connectivity index (χ1n) is 7.19. The SMILES string of the molecule is CCc1cc(C(=O)NC2CCCCC2CN)n(C)n1. The highest BCUT2D eigenvalue weighted by molar-refractivity contribution is 5.92. The summed E-state index contributed by atoms with van der Waals surface area (Å²) >= 11 is 0. The van der Waals surface area contributed by atoms with Gasteiger partial charge in [0.25, 0.3) is 5.91 Å². The number of carbonyl (C=O) groups excluding carboxylic acids is 1. The van der Waals surface area contributed by atoms with E-state index in [9.17, 15) is 4.79 Å². The fourth-order valence-electron chi connectivity index (χ4n) is 2.83. The first-order chi connectivity index (χ1) is 9.15. The van der Waals surface area contributed by atoms with Crippen molar-refractivity contribution in [1.29, 1.82) is 0 Å². The Kier molecular flexibility index (Phi) is 4.58. The molecule has 0 saturated heterocycles. The molecule has 0 aliphatic heterocycles. The number of rotatable bonds is 4. The van der Waals surface area contributed by atoms with Gasteiger partial charge in [0.1, 0.15) is 5.69 Å². The Balaban J connectivity index is 2.05. The van der Waals surface area contributed by atoms with Crippen LogP contribution in [0.5, 0.6) is 0 Å². The van der Waals surface area contributed by atoms with Crippen LogP contribution in [0, 0.1) is 5.92 Å². The maximum atomic E-state index is 12.3. The summed E-state index contributed by atoms with van der Waals surface area (Å²) in [4.78, 5) is 12.3. The average molecular weight is 264 g/mol. The summed E-state index contributed by atoms with van der Waals surface area (Å²) in [6, 6.07) is 2.08. The van der Waals surface area contributed by atoms with E-state index in [1.165, 1.54) is 12.8 Å². The van der Waals surface area contributed by atoms with E-state index >= 15 is 0 Å². The third kappa shape index (κ3) is 3.15. The molecule has 0 aromatic carbocycles. The van der Waals surface area contributed by atoms with Crippen molar-refractivity contribution in [2.45, 2.75) is 45.1 Å². The smallest absolute Gasteiger partial charge is 0.269 e. The number of carbonyl (C=O) groups is 1. The van der Waals surface area contributed by atoms with Crippen LogP contribution in [-0.4, -0.2) is 28.3 Å². The molecule has 1 aromatic heterocycles. The molecule has 2 unspecified atom stereocenters. The molecule has 1 aliphatic carbocycles. The molecule has 19 heavy (non-hydrogen) atoms. The summed E-state index contributed by atoms with van der Waals surface area (Å²) in [5.74, 6) is 0.386. The summed E-state index contributed by atoms with van der Waals surface area (Å²) in [6.07, 6.45) is 5.39. The van der Waals surface area contributed by atoms with E-state index in [-0.39, 0.29) is 11.9 Å². The largest absolute Gasteiger partial charge is 0.348 e. The lowest BCUT2D eigenvalue weighted by Crippen LogP contribution is -2.45. The molecule has 2 atom stereocenters. The maximum Gasteiger partial charge on any atom is 0.269 e. The zero-order valence-electron chi connectivity index (χ0n) is 11.9. The van der Waals surface area contributed by atoms with Gasteiger partial charge < -0.3 is 11.1 Å². The lowest BCUT2D eigenvalue weighted by molar-refractivity contribution is 0.0898. The van der Waals surface area contributed by atoms with Crippen molar-refractivity contribution >= 4 is 5.91 Å². The van der Waals surface area contributed by atoms with Crippen LogP contribution in [-0.2, 0) is 13.5 Å². The van der Waals surface area contributed by atoms with Crippen LogP contribution < -0.4 is 11.1 Å². The molecule has 1 heterocycles. The van der Waals surface area contributed by atoms with Gasteiger partial charge in [-0.15, -0.1) is 0 Å². The van der Waals surface area contributed by atoms with Gasteiger partial charge in [-0.2, -0.15) is 5.10 Å². The van der Waals surface area contributed by atoms with Crippen molar-refractivity contribution in [3.63, 3.8) is 0 Å². The molecule has 2 rings (SSSR count). The highest BCUT2D eigenvalue weighted by Gasteiger charge is 2.26. The molecule has 0 radical (unpaired) electrons. The molecular formula is C14H24N4O. The van der Waals surface area contributed by atoms with Gasteiger partial charge in [-0.1, -0.05) is 19.8 Å². The van der Waals surface area contributed by atoms with Crippen LogP contribution in [0.1, 0.15) is 48.8 Å². The number of aryl methyl sites for hydroxylation is 2. The Labute approximate surface area is 114 Å². The first-order valence-corrected chi connectivity index (χ1v) is 7.19. The second-order valence-corrected chi connectivity index (χ2v) is 5.36. The standard InChI is InChI=1S/C14H24N4O/c1-3-11-8-13(18(2)17-11)14(19)16-12-7-5-4-6-10(12)9-15/h8,10,12H,3-7,9,15H2,1-2H3,(H,16,19). The Hall–Kier alpha value is -1.36. The number of nitrogens with zero attached hydrogens (tertiary/aromatic N) is 2. The van der Waals surface area contributed by atoms with E-state index in [0.29, 0.717) is 18.2 Å². The van der Waals surface area contributed by atoms with Gasteiger partial charge in [-0.25, -0.2) is 0 Å². The maximum absolute atomic E-state index is 12.3. The molecule has 0 bridgehead atoms. The van der Waals surface area contributed by atoms with Crippen molar-refractivity contribution in [1.82, 2.24) is 15.1 Å². The molecular weight excluding hydrogens is 240 g/mol. The van der Waals surface area contributed by atoms with E-state index in [1.54, 1.807) is 4.68 Å². The summed E-state index contributed by atoms with van der Waals surface area (Å²) in [5.41, 5.74) is 7.38. The zero-order chi connectivity index (χ0) is 13.8. The van der Waals surface area contributed by atoms with Crippen molar-refractivity contribution in [3.05, 3.63) is 17.5 Å². The topological polar surface area (TPSA) is 72.9 Å². The Bertz CT molecular complexity index is 441. The molecule has 1 fully saturated rings. The lowest BCUT2D eigenvalue weighted by Gasteiger charge is -2.31. The van der Waals surface area contributed by atoms with Crippen molar-refractivity contribution in [2.75, 3.05) is 6.54 Å². The number of hydrogen-bond donors (Lipinski definition) is 2. The van der Waals surface area contributed by atoms with Crippen molar-refractivity contribution < 1.29 is 4.79 Å². The van der Waals surface area contributed by atoms with E-state index in [2.05, 4.69) is 10.4 Å². The molecule has 5 nitrogen and oxygen atoms in total. The predicted octanol–water partition coefficient (Wildman–Crippen LogP) is 1.23. The van der Waals surface area contributed by atoms with Crippen LogP contribution in [0.2, 0.25) is 0 Å². The van der Waals surface area contributed by atoms with Gasteiger partial charge in [0.05, 0.1) is 5.69 Å². The van der Waals surface area contributed by atoms with Crippen LogP contribution >= 0.6 is 0 Å². The Morgan fingerprint density at radius 2 is 2.26 bits per heavy atom. The third-order valence-electron chi connectivity index (χ3n) is 4.05. The second-order valence-electron chi connectivity index (χ2n) is 5.36. The van der Waals surface area contributed by atoms with E-state index < -0.39 is 0 Å². The molecule has 1 amide bonds. The summed E-state index contributed by atoms with van der Waals surface area (Å²) in [5, 5.41) is 7.45. The number of nitrogens with two attached hydrogens (primary N) is 1. The molecule has 3 N–H and O–H groups in total. The van der Waals surface area contributed by atoms with Gasteiger partial charge in [0, 0.05) is 13.1 Å². The minimum absolute atomic E-state index is 0.0277. The fraction of sp³-hybridized carbons (Fsp3) is 0.714. The Morgan fingerprint density at radius 1 is 1.53 bits per heavy atom.